The Kier molecular flexibility index (Phi) is 4.18. The topological polar surface area (TPSA) is 107 Å². The van der Waals surface area contributed by atoms with Gasteiger partial charge in [0, 0.05) is 11.6 Å². The molecule has 134 valence electrons. The Morgan fingerprint density at radius 3 is 2.37 bits per heavy atom. The summed E-state index contributed by atoms with van der Waals surface area (Å²) in [5, 5.41) is 15.2. The number of rotatable bonds is 4. The van der Waals surface area contributed by atoms with E-state index in [1.165, 1.54) is 6.08 Å². The lowest BCUT2D eigenvalue weighted by Crippen LogP contribution is -2.27. The van der Waals surface area contributed by atoms with Crippen molar-refractivity contribution in [3.63, 3.8) is 0 Å². The number of carbonyl (C=O) groups is 1. The average molecular weight is 360 g/mol. The third-order valence-electron chi connectivity index (χ3n) is 4.28. The molecule has 2 aromatic carbocycles. The average Bonchev–Trinajstić information content (AvgIpc) is 2.68. The number of hydrogen-bond donors (Lipinski definition) is 4. The third kappa shape index (κ3) is 3.30. The summed E-state index contributed by atoms with van der Waals surface area (Å²) >= 11 is 0. The molecule has 27 heavy (non-hydrogen) atoms. The van der Waals surface area contributed by atoms with Crippen LogP contribution in [0.1, 0.15) is 17.0 Å². The number of fused-ring (bicyclic) bond motifs is 1. The maximum atomic E-state index is 12.8. The SMILES string of the molecule is O=C(O)C1=C[C@H](c2ccccc2)c2c(nc(Nc3ccccc3)[nH]c2=O)N1. The van der Waals surface area contributed by atoms with E-state index < -0.39 is 11.9 Å². The number of carboxylic acids is 1. The first-order valence-electron chi connectivity index (χ1n) is 8.35. The van der Waals surface area contributed by atoms with Crippen molar-refractivity contribution in [1.29, 1.82) is 0 Å². The highest BCUT2D eigenvalue weighted by atomic mass is 16.4. The first kappa shape index (κ1) is 16.6. The molecule has 4 rings (SSSR count). The standard InChI is InChI=1S/C20H16N4O3/c25-18-16-14(12-7-3-1-4-8-12)11-15(19(26)27)22-17(16)23-20(24-18)21-13-9-5-2-6-10-13/h1-11,14H,(H,26,27)(H3,21,22,23,24,25)/t14-/m1/s1. The Balaban J connectivity index is 1.80. The summed E-state index contributed by atoms with van der Waals surface area (Å²) in [4.78, 5) is 31.5. The molecule has 1 aromatic heterocycles. The van der Waals surface area contributed by atoms with Crippen LogP contribution in [0, 0.1) is 0 Å². The predicted molar refractivity (Wildman–Crippen MR) is 102 cm³/mol. The van der Waals surface area contributed by atoms with Crippen molar-refractivity contribution in [3.8, 4) is 0 Å². The maximum absolute atomic E-state index is 12.8. The highest BCUT2D eigenvalue weighted by Crippen LogP contribution is 2.33. The summed E-state index contributed by atoms with van der Waals surface area (Å²) < 4.78 is 0. The van der Waals surface area contributed by atoms with Crippen LogP contribution < -0.4 is 16.2 Å². The third-order valence-corrected chi connectivity index (χ3v) is 4.28. The van der Waals surface area contributed by atoms with Gasteiger partial charge in [-0.15, -0.1) is 0 Å². The first-order valence-corrected chi connectivity index (χ1v) is 8.35. The minimum Gasteiger partial charge on any atom is -0.477 e. The molecule has 7 nitrogen and oxygen atoms in total. The number of para-hydroxylation sites is 1. The Bertz CT molecular complexity index is 1080. The summed E-state index contributed by atoms with van der Waals surface area (Å²) in [6.07, 6.45) is 1.53. The van der Waals surface area contributed by atoms with Crippen LogP contribution in [-0.2, 0) is 4.79 Å². The summed E-state index contributed by atoms with van der Waals surface area (Å²) in [5.41, 5.74) is 1.60. The molecule has 1 atom stereocenters. The van der Waals surface area contributed by atoms with Crippen LogP contribution in [-0.4, -0.2) is 21.0 Å². The molecule has 7 heteroatoms. The molecule has 0 saturated heterocycles. The number of allylic oxidation sites excluding steroid dienone is 1. The number of anilines is 3. The summed E-state index contributed by atoms with van der Waals surface area (Å²) in [6.45, 7) is 0. The smallest absolute Gasteiger partial charge is 0.352 e. The highest BCUT2D eigenvalue weighted by molar-refractivity contribution is 5.91. The number of nitrogens with zero attached hydrogens (tertiary/aromatic N) is 1. The van der Waals surface area contributed by atoms with Gasteiger partial charge in [-0.05, 0) is 23.8 Å². The van der Waals surface area contributed by atoms with E-state index in [0.29, 0.717) is 5.56 Å². The number of aromatic nitrogens is 2. The van der Waals surface area contributed by atoms with Gasteiger partial charge in [-0.25, -0.2) is 4.79 Å². The van der Waals surface area contributed by atoms with Crippen molar-refractivity contribution in [2.24, 2.45) is 0 Å². The summed E-state index contributed by atoms with van der Waals surface area (Å²) in [7, 11) is 0. The Labute approximate surface area is 154 Å². The molecule has 0 unspecified atom stereocenters. The van der Waals surface area contributed by atoms with Crippen LogP contribution in [0.3, 0.4) is 0 Å². The number of H-pyrrole nitrogens is 1. The van der Waals surface area contributed by atoms with E-state index in [9.17, 15) is 14.7 Å². The van der Waals surface area contributed by atoms with Gasteiger partial charge in [0.2, 0.25) is 5.95 Å². The fourth-order valence-electron chi connectivity index (χ4n) is 3.05. The van der Waals surface area contributed by atoms with Crippen molar-refractivity contribution < 1.29 is 9.90 Å². The molecular formula is C20H16N4O3. The number of benzene rings is 2. The van der Waals surface area contributed by atoms with Gasteiger partial charge in [0.15, 0.2) is 0 Å². The van der Waals surface area contributed by atoms with Crippen LogP contribution in [0.25, 0.3) is 0 Å². The van der Waals surface area contributed by atoms with Crippen LogP contribution in [0.15, 0.2) is 77.2 Å². The lowest BCUT2D eigenvalue weighted by Gasteiger charge is -2.23. The second kappa shape index (κ2) is 6.80. The van der Waals surface area contributed by atoms with E-state index in [-0.39, 0.29) is 23.0 Å². The van der Waals surface area contributed by atoms with Gasteiger partial charge in [-0.3, -0.25) is 9.78 Å². The quantitative estimate of drug-likeness (QED) is 0.570. The zero-order chi connectivity index (χ0) is 18.8. The van der Waals surface area contributed by atoms with Crippen molar-refractivity contribution in [3.05, 3.63) is 93.9 Å². The number of aromatic amines is 1. The number of aliphatic carboxylic acids is 1. The molecule has 0 bridgehead atoms. The lowest BCUT2D eigenvalue weighted by molar-refractivity contribution is -0.132. The molecule has 3 aromatic rings. The number of hydrogen-bond acceptors (Lipinski definition) is 5. The monoisotopic (exact) mass is 360 g/mol. The van der Waals surface area contributed by atoms with E-state index in [1.54, 1.807) is 0 Å². The van der Waals surface area contributed by atoms with Gasteiger partial charge in [0.1, 0.15) is 11.5 Å². The molecule has 2 heterocycles. The van der Waals surface area contributed by atoms with Crippen molar-refractivity contribution >= 4 is 23.4 Å². The minimum absolute atomic E-state index is 0.0138. The molecular weight excluding hydrogens is 344 g/mol. The lowest BCUT2D eigenvalue weighted by atomic mass is 9.89. The summed E-state index contributed by atoms with van der Waals surface area (Å²) in [6, 6.07) is 18.5. The zero-order valence-corrected chi connectivity index (χ0v) is 14.1. The predicted octanol–water partition coefficient (Wildman–Crippen LogP) is 3.04. The van der Waals surface area contributed by atoms with Gasteiger partial charge in [0.05, 0.1) is 5.56 Å². The number of nitrogens with one attached hydrogen (secondary N) is 3. The van der Waals surface area contributed by atoms with Gasteiger partial charge in [-0.1, -0.05) is 48.5 Å². The Morgan fingerprint density at radius 1 is 1.04 bits per heavy atom. The molecule has 1 aliphatic rings. The molecule has 0 radical (unpaired) electrons. The minimum atomic E-state index is -1.11. The van der Waals surface area contributed by atoms with E-state index in [1.807, 2.05) is 60.7 Å². The highest BCUT2D eigenvalue weighted by Gasteiger charge is 2.28. The normalized spacial score (nSPS) is 15.3. The Hall–Kier alpha value is -3.87. The largest absolute Gasteiger partial charge is 0.477 e. The number of carboxylic acid groups (broad SMARTS) is 1. The van der Waals surface area contributed by atoms with Gasteiger partial charge >= 0.3 is 5.97 Å². The first-order chi connectivity index (χ1) is 13.1. The molecule has 1 aliphatic heterocycles. The second-order valence-electron chi connectivity index (χ2n) is 6.07. The van der Waals surface area contributed by atoms with E-state index in [2.05, 4.69) is 20.6 Å². The Morgan fingerprint density at radius 2 is 1.70 bits per heavy atom. The zero-order valence-electron chi connectivity index (χ0n) is 14.1. The fraction of sp³-hybridized carbons (Fsp3) is 0.0500. The maximum Gasteiger partial charge on any atom is 0.352 e. The molecule has 0 saturated carbocycles. The van der Waals surface area contributed by atoms with E-state index in [0.717, 1.165) is 11.3 Å². The molecule has 0 aliphatic carbocycles. The summed E-state index contributed by atoms with van der Waals surface area (Å²) in [5.74, 6) is -1.15. The molecule has 0 fully saturated rings. The van der Waals surface area contributed by atoms with Gasteiger partial charge in [0.25, 0.3) is 5.56 Å². The fourth-order valence-corrected chi connectivity index (χ4v) is 3.05. The van der Waals surface area contributed by atoms with Gasteiger partial charge in [-0.2, -0.15) is 4.98 Å². The molecule has 0 amide bonds. The van der Waals surface area contributed by atoms with Crippen LogP contribution >= 0.6 is 0 Å². The van der Waals surface area contributed by atoms with Crippen molar-refractivity contribution in [2.75, 3.05) is 10.6 Å². The van der Waals surface area contributed by atoms with Crippen LogP contribution in [0.5, 0.6) is 0 Å². The molecule has 0 spiro atoms. The molecule has 4 N–H and O–H groups in total. The van der Waals surface area contributed by atoms with Crippen LogP contribution in [0.4, 0.5) is 17.5 Å². The van der Waals surface area contributed by atoms with Crippen molar-refractivity contribution in [2.45, 2.75) is 5.92 Å². The van der Waals surface area contributed by atoms with Gasteiger partial charge < -0.3 is 15.7 Å². The second-order valence-corrected chi connectivity index (χ2v) is 6.07. The van der Waals surface area contributed by atoms with Crippen molar-refractivity contribution in [1.82, 2.24) is 9.97 Å². The van der Waals surface area contributed by atoms with E-state index >= 15 is 0 Å². The van der Waals surface area contributed by atoms with Crippen LogP contribution in [0.2, 0.25) is 0 Å². The van der Waals surface area contributed by atoms with E-state index in [4.69, 9.17) is 0 Å².